The normalized spacial score (nSPS) is 12.2. The Balaban J connectivity index is 2.34. The summed E-state index contributed by atoms with van der Waals surface area (Å²) in [6, 6.07) is 11.3. The number of phenols is 1. The first-order chi connectivity index (χ1) is 8.99. The monoisotopic (exact) mass is 260 g/mol. The number of nitrogens with zero attached hydrogens (tertiary/aromatic N) is 1. The lowest BCUT2D eigenvalue weighted by Gasteiger charge is -2.21. The van der Waals surface area contributed by atoms with Gasteiger partial charge in [-0.15, -0.1) is 0 Å². The van der Waals surface area contributed by atoms with E-state index < -0.39 is 0 Å². The Morgan fingerprint density at radius 3 is 2.42 bits per heavy atom. The molecule has 3 N–H and O–H groups in total. The van der Waals surface area contributed by atoms with Crippen LogP contribution in [0.15, 0.2) is 42.5 Å². The van der Waals surface area contributed by atoms with E-state index in [0.29, 0.717) is 11.3 Å². The predicted octanol–water partition coefficient (Wildman–Crippen LogP) is 3.32. The zero-order chi connectivity index (χ0) is 14.0. The lowest BCUT2D eigenvalue weighted by molar-refractivity contribution is 0.464. The van der Waals surface area contributed by atoms with E-state index in [9.17, 15) is 9.50 Å². The minimum Gasteiger partial charge on any atom is -0.508 e. The molecule has 100 valence electrons. The van der Waals surface area contributed by atoms with Gasteiger partial charge < -0.3 is 15.7 Å². The maximum absolute atomic E-state index is 13.2. The fourth-order valence-corrected chi connectivity index (χ4v) is 1.96. The second-order valence-corrected chi connectivity index (χ2v) is 4.57. The first-order valence-electron chi connectivity index (χ1n) is 6.07. The Morgan fingerprint density at radius 2 is 1.84 bits per heavy atom. The third kappa shape index (κ3) is 2.85. The topological polar surface area (TPSA) is 49.5 Å². The second-order valence-electron chi connectivity index (χ2n) is 4.57. The molecule has 1 atom stereocenters. The van der Waals surface area contributed by atoms with E-state index in [2.05, 4.69) is 0 Å². The zero-order valence-electron chi connectivity index (χ0n) is 11.0. The molecule has 0 fully saturated rings. The average Bonchev–Trinajstić information content (AvgIpc) is 2.37. The van der Waals surface area contributed by atoms with Crippen molar-refractivity contribution in [3.8, 4) is 5.75 Å². The number of aromatic hydroxyl groups is 1. The van der Waals surface area contributed by atoms with Crippen LogP contribution in [-0.2, 0) is 0 Å². The third-order valence-electron chi connectivity index (χ3n) is 3.09. The van der Waals surface area contributed by atoms with Crippen LogP contribution in [0.3, 0.4) is 0 Å². The summed E-state index contributed by atoms with van der Waals surface area (Å²) in [6.45, 7) is 1.81. The maximum atomic E-state index is 13.2. The Morgan fingerprint density at radius 1 is 1.16 bits per heavy atom. The predicted molar refractivity (Wildman–Crippen MR) is 75.2 cm³/mol. The van der Waals surface area contributed by atoms with Crippen molar-refractivity contribution < 1.29 is 9.50 Å². The van der Waals surface area contributed by atoms with Crippen LogP contribution in [0.1, 0.15) is 18.5 Å². The first-order valence-corrected chi connectivity index (χ1v) is 6.07. The fraction of sp³-hybridized carbons (Fsp3) is 0.200. The summed E-state index contributed by atoms with van der Waals surface area (Å²) < 4.78 is 13.2. The molecule has 1 unspecified atom stereocenters. The standard InChI is InChI=1S/C15H17FN2O/c1-10(17)14-7-6-13(9-15(14)19)18(2)12-5-3-4-11(16)8-12/h3-10,19H,17H2,1-2H3. The van der Waals surface area contributed by atoms with E-state index in [1.54, 1.807) is 29.2 Å². The van der Waals surface area contributed by atoms with Crippen molar-refractivity contribution in [3.63, 3.8) is 0 Å². The van der Waals surface area contributed by atoms with Crippen LogP contribution < -0.4 is 10.6 Å². The summed E-state index contributed by atoms with van der Waals surface area (Å²) in [5.74, 6) is -0.142. The highest BCUT2D eigenvalue weighted by molar-refractivity contribution is 5.64. The molecule has 2 aromatic carbocycles. The molecular weight excluding hydrogens is 243 g/mol. The van der Waals surface area contributed by atoms with Gasteiger partial charge in [-0.05, 0) is 31.2 Å². The molecule has 0 aromatic heterocycles. The van der Waals surface area contributed by atoms with Crippen molar-refractivity contribution in [2.24, 2.45) is 5.73 Å². The number of phenolic OH excluding ortho intramolecular Hbond substituents is 1. The molecule has 0 aliphatic heterocycles. The second kappa shape index (κ2) is 5.28. The molecule has 0 amide bonds. The minimum absolute atomic E-state index is 0.149. The average molecular weight is 260 g/mol. The van der Waals surface area contributed by atoms with Gasteiger partial charge in [-0.25, -0.2) is 4.39 Å². The van der Waals surface area contributed by atoms with E-state index in [-0.39, 0.29) is 17.6 Å². The smallest absolute Gasteiger partial charge is 0.125 e. The van der Waals surface area contributed by atoms with Crippen LogP contribution in [0.2, 0.25) is 0 Å². The van der Waals surface area contributed by atoms with Crippen molar-refractivity contribution in [3.05, 3.63) is 53.8 Å². The van der Waals surface area contributed by atoms with Crippen LogP contribution in [0.25, 0.3) is 0 Å². The summed E-state index contributed by atoms with van der Waals surface area (Å²) in [5, 5.41) is 9.93. The molecule has 0 heterocycles. The number of hydrogen-bond donors (Lipinski definition) is 2. The summed E-state index contributed by atoms with van der Waals surface area (Å²) in [4.78, 5) is 1.80. The van der Waals surface area contributed by atoms with Gasteiger partial charge in [-0.2, -0.15) is 0 Å². The molecule has 4 heteroatoms. The molecule has 3 nitrogen and oxygen atoms in total. The fourth-order valence-electron chi connectivity index (χ4n) is 1.96. The molecule has 0 bridgehead atoms. The van der Waals surface area contributed by atoms with Crippen molar-refractivity contribution >= 4 is 11.4 Å². The molecule has 0 aliphatic carbocycles. The van der Waals surface area contributed by atoms with E-state index in [4.69, 9.17) is 5.73 Å². The van der Waals surface area contributed by atoms with Crippen molar-refractivity contribution in [2.45, 2.75) is 13.0 Å². The highest BCUT2D eigenvalue weighted by Crippen LogP contribution is 2.31. The van der Waals surface area contributed by atoms with Gasteiger partial charge >= 0.3 is 0 Å². The third-order valence-corrected chi connectivity index (χ3v) is 3.09. The quantitative estimate of drug-likeness (QED) is 0.890. The molecule has 19 heavy (non-hydrogen) atoms. The molecule has 2 rings (SSSR count). The van der Waals surface area contributed by atoms with Crippen LogP contribution in [0.5, 0.6) is 5.75 Å². The summed E-state index contributed by atoms with van der Waals surface area (Å²) in [6.07, 6.45) is 0. The first kappa shape index (κ1) is 13.4. The van der Waals surface area contributed by atoms with Gasteiger partial charge in [-0.1, -0.05) is 12.1 Å². The minimum atomic E-state index is -0.291. The SMILES string of the molecule is CC(N)c1ccc(N(C)c2cccc(F)c2)cc1O. The van der Waals surface area contributed by atoms with E-state index in [1.807, 2.05) is 20.0 Å². The van der Waals surface area contributed by atoms with Gasteiger partial charge in [0.15, 0.2) is 0 Å². The van der Waals surface area contributed by atoms with E-state index >= 15 is 0 Å². The van der Waals surface area contributed by atoms with Crippen LogP contribution in [-0.4, -0.2) is 12.2 Å². The van der Waals surface area contributed by atoms with Gasteiger partial charge in [-0.3, -0.25) is 0 Å². The van der Waals surface area contributed by atoms with Gasteiger partial charge in [0.1, 0.15) is 11.6 Å². The summed E-state index contributed by atoms with van der Waals surface area (Å²) in [5.41, 5.74) is 7.93. The number of anilines is 2. The molecule has 2 aromatic rings. The van der Waals surface area contributed by atoms with Gasteiger partial charge in [0.2, 0.25) is 0 Å². The summed E-state index contributed by atoms with van der Waals surface area (Å²) >= 11 is 0. The number of halogens is 1. The van der Waals surface area contributed by atoms with Crippen LogP contribution >= 0.6 is 0 Å². The Bertz CT molecular complexity index is 584. The van der Waals surface area contributed by atoms with Gasteiger partial charge in [0.25, 0.3) is 0 Å². The largest absolute Gasteiger partial charge is 0.508 e. The number of nitrogens with two attached hydrogens (primary N) is 1. The van der Waals surface area contributed by atoms with Gasteiger partial charge in [0.05, 0.1) is 0 Å². The van der Waals surface area contributed by atoms with Gasteiger partial charge in [0, 0.05) is 36.1 Å². The molecule has 0 spiro atoms. The van der Waals surface area contributed by atoms with Crippen molar-refractivity contribution in [2.75, 3.05) is 11.9 Å². The molecular formula is C15H17FN2O. The lowest BCUT2D eigenvalue weighted by Crippen LogP contribution is -2.10. The van der Waals surface area contributed by atoms with Crippen LogP contribution in [0.4, 0.5) is 15.8 Å². The summed E-state index contributed by atoms with van der Waals surface area (Å²) in [7, 11) is 1.81. The highest BCUT2D eigenvalue weighted by atomic mass is 19.1. The zero-order valence-corrected chi connectivity index (χ0v) is 11.0. The number of rotatable bonds is 3. The molecule has 0 saturated carbocycles. The maximum Gasteiger partial charge on any atom is 0.125 e. The van der Waals surface area contributed by atoms with E-state index in [0.717, 1.165) is 5.69 Å². The number of hydrogen-bond acceptors (Lipinski definition) is 3. The van der Waals surface area contributed by atoms with Crippen molar-refractivity contribution in [1.82, 2.24) is 0 Å². The number of benzene rings is 2. The Labute approximate surface area is 112 Å². The van der Waals surface area contributed by atoms with Crippen molar-refractivity contribution in [1.29, 1.82) is 0 Å². The Kier molecular flexibility index (Phi) is 3.71. The van der Waals surface area contributed by atoms with Crippen LogP contribution in [0, 0.1) is 5.82 Å². The molecule has 0 saturated heterocycles. The molecule has 0 radical (unpaired) electrons. The van der Waals surface area contributed by atoms with E-state index in [1.165, 1.54) is 12.1 Å². The highest BCUT2D eigenvalue weighted by Gasteiger charge is 2.10. The lowest BCUT2D eigenvalue weighted by atomic mass is 10.1. The molecule has 0 aliphatic rings. The Hall–Kier alpha value is -2.07.